The Labute approximate surface area is 135 Å². The van der Waals surface area contributed by atoms with Gasteiger partial charge in [-0.3, -0.25) is 9.59 Å². The Hall–Kier alpha value is -2.32. The molecule has 0 saturated carbocycles. The molecule has 0 atom stereocenters. The molecule has 0 aliphatic rings. The number of para-hydroxylation sites is 2. The van der Waals surface area contributed by atoms with Crippen LogP contribution in [0.4, 0.5) is 17.6 Å². The topological polar surface area (TPSA) is 61.8 Å². The summed E-state index contributed by atoms with van der Waals surface area (Å²) in [5, 5.41) is 0. The van der Waals surface area contributed by atoms with Gasteiger partial charge >= 0.3 is 24.3 Å². The average molecular weight is 352 g/mol. The molecule has 0 radical (unpaired) electrons. The van der Waals surface area contributed by atoms with Crippen LogP contribution < -0.4 is 9.47 Å². The number of esters is 2. The highest BCUT2D eigenvalue weighted by Gasteiger charge is 2.42. The molecule has 0 fully saturated rings. The van der Waals surface area contributed by atoms with E-state index >= 15 is 0 Å². The maximum atomic E-state index is 12.6. The van der Waals surface area contributed by atoms with Gasteiger partial charge < -0.3 is 14.2 Å². The normalized spacial score (nSPS) is 11.2. The van der Waals surface area contributed by atoms with E-state index in [0.717, 1.165) is 0 Å². The standard InChI is InChI=1S/C15H16F4O5/c1-22-10-5-2-3-6-11(10)24-13(21)8-4-7-12(20)23-9-15(18,19)14(16)17/h2-3,5-6,14H,4,7-9H2,1H3. The first-order valence-corrected chi connectivity index (χ1v) is 6.91. The van der Waals surface area contributed by atoms with Crippen molar-refractivity contribution in [3.63, 3.8) is 0 Å². The maximum absolute atomic E-state index is 12.6. The summed E-state index contributed by atoms with van der Waals surface area (Å²) in [5.41, 5.74) is 0. The minimum absolute atomic E-state index is 0.0347. The zero-order valence-electron chi connectivity index (χ0n) is 12.8. The second-order valence-electron chi connectivity index (χ2n) is 4.70. The summed E-state index contributed by atoms with van der Waals surface area (Å²) in [6, 6.07) is 6.41. The largest absolute Gasteiger partial charge is 0.493 e. The lowest BCUT2D eigenvalue weighted by Crippen LogP contribution is -2.33. The van der Waals surface area contributed by atoms with Gasteiger partial charge in [0.1, 0.15) is 0 Å². The molecule has 0 aliphatic carbocycles. The van der Waals surface area contributed by atoms with Crippen molar-refractivity contribution in [3.05, 3.63) is 24.3 Å². The van der Waals surface area contributed by atoms with Crippen LogP contribution in [-0.2, 0) is 14.3 Å². The van der Waals surface area contributed by atoms with Crippen molar-refractivity contribution in [1.82, 2.24) is 0 Å². The molecule has 1 aromatic rings. The quantitative estimate of drug-likeness (QED) is 0.388. The molecule has 0 aliphatic heterocycles. The molecule has 24 heavy (non-hydrogen) atoms. The lowest BCUT2D eigenvalue weighted by Gasteiger charge is -2.14. The number of ether oxygens (including phenoxy) is 3. The molecular formula is C15H16F4O5. The van der Waals surface area contributed by atoms with Crippen molar-refractivity contribution in [3.8, 4) is 11.5 Å². The Kier molecular flexibility index (Phi) is 7.47. The van der Waals surface area contributed by atoms with Crippen LogP contribution in [0.25, 0.3) is 0 Å². The van der Waals surface area contributed by atoms with E-state index in [1.807, 2.05) is 0 Å². The SMILES string of the molecule is COc1ccccc1OC(=O)CCCC(=O)OCC(F)(F)C(F)F. The second kappa shape index (κ2) is 9.09. The van der Waals surface area contributed by atoms with Crippen LogP contribution in [0.1, 0.15) is 19.3 Å². The number of hydrogen-bond donors (Lipinski definition) is 0. The molecular weight excluding hydrogens is 336 g/mol. The van der Waals surface area contributed by atoms with Gasteiger partial charge in [0.25, 0.3) is 0 Å². The molecule has 0 aromatic heterocycles. The number of rotatable bonds is 9. The molecule has 0 unspecified atom stereocenters. The summed E-state index contributed by atoms with van der Waals surface area (Å²) in [6.45, 7) is -1.70. The number of alkyl halides is 4. The van der Waals surface area contributed by atoms with Crippen molar-refractivity contribution in [2.24, 2.45) is 0 Å². The second-order valence-corrected chi connectivity index (χ2v) is 4.70. The average Bonchev–Trinajstić information content (AvgIpc) is 2.53. The predicted octanol–water partition coefficient (Wildman–Crippen LogP) is 3.21. The molecule has 9 heteroatoms. The number of hydrogen-bond acceptors (Lipinski definition) is 5. The van der Waals surface area contributed by atoms with Gasteiger partial charge in [-0.1, -0.05) is 12.1 Å². The van der Waals surface area contributed by atoms with E-state index in [0.29, 0.717) is 5.75 Å². The molecule has 0 heterocycles. The third-order valence-corrected chi connectivity index (χ3v) is 2.80. The fourth-order valence-corrected chi connectivity index (χ4v) is 1.57. The Morgan fingerprint density at radius 3 is 2.25 bits per heavy atom. The van der Waals surface area contributed by atoms with Gasteiger partial charge in [0.05, 0.1) is 7.11 Å². The zero-order chi connectivity index (χ0) is 18.2. The van der Waals surface area contributed by atoms with Crippen molar-refractivity contribution in [2.45, 2.75) is 31.6 Å². The number of methoxy groups -OCH3 is 1. The summed E-state index contributed by atoms with van der Waals surface area (Å²) in [7, 11) is 1.40. The molecule has 0 spiro atoms. The van der Waals surface area contributed by atoms with Crippen molar-refractivity contribution < 1.29 is 41.4 Å². The van der Waals surface area contributed by atoms with Crippen LogP contribution in [0.15, 0.2) is 24.3 Å². The van der Waals surface area contributed by atoms with Gasteiger partial charge in [-0.15, -0.1) is 0 Å². The Balaban J connectivity index is 2.31. The number of carbonyl (C=O) groups is 2. The summed E-state index contributed by atoms with van der Waals surface area (Å²) in [4.78, 5) is 22.8. The van der Waals surface area contributed by atoms with Crippen LogP contribution in [-0.4, -0.2) is 38.0 Å². The first-order valence-electron chi connectivity index (χ1n) is 6.91. The number of carbonyl (C=O) groups excluding carboxylic acids is 2. The van der Waals surface area contributed by atoms with E-state index < -0.39 is 30.9 Å². The fraction of sp³-hybridized carbons (Fsp3) is 0.467. The van der Waals surface area contributed by atoms with Gasteiger partial charge in [-0.05, 0) is 18.6 Å². The smallest absolute Gasteiger partial charge is 0.340 e. The van der Waals surface area contributed by atoms with Crippen molar-refractivity contribution in [1.29, 1.82) is 0 Å². The maximum Gasteiger partial charge on any atom is 0.340 e. The van der Waals surface area contributed by atoms with Crippen LogP contribution in [0.5, 0.6) is 11.5 Å². The Morgan fingerprint density at radius 1 is 1.08 bits per heavy atom. The third kappa shape index (κ3) is 6.43. The summed E-state index contributed by atoms with van der Waals surface area (Å²) in [5.74, 6) is -5.60. The number of halogens is 4. The van der Waals surface area contributed by atoms with Crippen LogP contribution >= 0.6 is 0 Å². The highest BCUT2D eigenvalue weighted by molar-refractivity contribution is 5.74. The zero-order valence-corrected chi connectivity index (χ0v) is 12.8. The Morgan fingerprint density at radius 2 is 1.67 bits per heavy atom. The minimum atomic E-state index is -4.39. The fourth-order valence-electron chi connectivity index (χ4n) is 1.57. The highest BCUT2D eigenvalue weighted by Crippen LogP contribution is 2.26. The van der Waals surface area contributed by atoms with Crippen LogP contribution in [0.2, 0.25) is 0 Å². The van der Waals surface area contributed by atoms with Crippen molar-refractivity contribution >= 4 is 11.9 Å². The van der Waals surface area contributed by atoms with Gasteiger partial charge in [-0.25, -0.2) is 8.78 Å². The van der Waals surface area contributed by atoms with E-state index in [1.165, 1.54) is 13.2 Å². The van der Waals surface area contributed by atoms with Gasteiger partial charge in [0.15, 0.2) is 18.1 Å². The summed E-state index contributed by atoms with van der Waals surface area (Å²) >= 11 is 0. The van der Waals surface area contributed by atoms with Crippen LogP contribution in [0.3, 0.4) is 0 Å². The first kappa shape index (κ1) is 19.7. The van der Waals surface area contributed by atoms with E-state index in [4.69, 9.17) is 9.47 Å². The molecule has 1 aromatic carbocycles. The van der Waals surface area contributed by atoms with Crippen molar-refractivity contribution in [2.75, 3.05) is 13.7 Å². The molecule has 0 bridgehead atoms. The van der Waals surface area contributed by atoms with E-state index in [-0.39, 0.29) is 25.0 Å². The monoisotopic (exact) mass is 352 g/mol. The molecule has 1 rings (SSSR count). The molecule has 134 valence electrons. The highest BCUT2D eigenvalue weighted by atomic mass is 19.3. The molecule has 0 saturated heterocycles. The first-order chi connectivity index (χ1) is 11.3. The van der Waals surface area contributed by atoms with E-state index in [1.54, 1.807) is 18.2 Å². The molecule has 0 N–H and O–H groups in total. The lowest BCUT2D eigenvalue weighted by atomic mass is 10.2. The minimum Gasteiger partial charge on any atom is -0.493 e. The lowest BCUT2D eigenvalue weighted by molar-refractivity contribution is -0.179. The van der Waals surface area contributed by atoms with Gasteiger partial charge in [-0.2, -0.15) is 8.78 Å². The predicted molar refractivity (Wildman–Crippen MR) is 74.4 cm³/mol. The van der Waals surface area contributed by atoms with E-state index in [9.17, 15) is 27.2 Å². The summed E-state index contributed by atoms with van der Waals surface area (Å²) < 4.78 is 62.9. The number of benzene rings is 1. The molecule has 5 nitrogen and oxygen atoms in total. The third-order valence-electron chi connectivity index (χ3n) is 2.80. The van der Waals surface area contributed by atoms with E-state index in [2.05, 4.69) is 4.74 Å². The summed E-state index contributed by atoms with van der Waals surface area (Å²) in [6.07, 6.45) is -4.51. The van der Waals surface area contributed by atoms with Gasteiger partial charge in [0.2, 0.25) is 0 Å². The molecule has 0 amide bonds. The Bertz CT molecular complexity index is 563. The van der Waals surface area contributed by atoms with Crippen LogP contribution in [0, 0.1) is 0 Å². The van der Waals surface area contributed by atoms with Gasteiger partial charge in [0, 0.05) is 12.8 Å².